The average Bonchev–Trinajstić information content (AvgIpc) is 3.12. The number of anilines is 1. The molecule has 1 aliphatic rings. The predicted molar refractivity (Wildman–Crippen MR) is 85.8 cm³/mol. The number of nitrogens with two attached hydrogens (primary N) is 1. The molecule has 3 rings (SSSR count). The fourth-order valence-electron chi connectivity index (χ4n) is 3.69. The monoisotopic (exact) mass is 337 g/mol. The largest absolute Gasteiger partial charge is 0.394 e. The van der Waals surface area contributed by atoms with Gasteiger partial charge in [-0.25, -0.2) is 15.0 Å². The molecule has 0 radical (unpaired) electrons. The molecule has 1 fully saturated rings. The Labute approximate surface area is 139 Å². The van der Waals surface area contributed by atoms with Crippen LogP contribution in [0.5, 0.6) is 0 Å². The van der Waals surface area contributed by atoms with Gasteiger partial charge in [0, 0.05) is 5.92 Å². The molecule has 0 bridgehead atoms. The fourth-order valence-corrected chi connectivity index (χ4v) is 3.69. The Balaban J connectivity index is 2.24. The molecule has 0 unspecified atom stereocenters. The minimum absolute atomic E-state index is 0.132. The Morgan fingerprint density at radius 3 is 2.58 bits per heavy atom. The molecule has 1 aliphatic heterocycles. The van der Waals surface area contributed by atoms with Gasteiger partial charge in [-0.3, -0.25) is 4.57 Å². The van der Waals surface area contributed by atoms with Gasteiger partial charge in [-0.05, 0) is 12.8 Å². The van der Waals surface area contributed by atoms with Gasteiger partial charge in [0.05, 0.1) is 12.9 Å². The van der Waals surface area contributed by atoms with Crippen LogP contribution in [0.2, 0.25) is 0 Å². The van der Waals surface area contributed by atoms with Crippen LogP contribution >= 0.6 is 0 Å². The smallest absolute Gasteiger partial charge is 0.179 e. The van der Waals surface area contributed by atoms with Crippen molar-refractivity contribution in [3.8, 4) is 0 Å². The highest BCUT2D eigenvalue weighted by Gasteiger charge is 2.59. The Hall–Kier alpha value is -1.81. The third-order valence-electron chi connectivity index (χ3n) is 4.96. The summed E-state index contributed by atoms with van der Waals surface area (Å²) in [6.45, 7) is 3.56. The summed E-state index contributed by atoms with van der Waals surface area (Å²) in [6, 6.07) is 0. The first-order valence-electron chi connectivity index (χ1n) is 8.09. The molecule has 0 amide bonds. The SMILES string of the molecule is CCC(CC)[C@@]1(n2cnc3c(N)ncnc32)O[C@H](CO)[C@@H](O)[C@H]1O. The number of aliphatic hydroxyl groups excluding tert-OH is 3. The first-order valence-corrected chi connectivity index (χ1v) is 8.09. The van der Waals surface area contributed by atoms with Gasteiger partial charge >= 0.3 is 0 Å². The number of imidazole rings is 1. The third-order valence-corrected chi connectivity index (χ3v) is 4.96. The number of ether oxygens (including phenoxy) is 1. The number of fused-ring (bicyclic) bond motifs is 1. The van der Waals surface area contributed by atoms with Crippen LogP contribution in [0, 0.1) is 5.92 Å². The van der Waals surface area contributed by atoms with Crippen molar-refractivity contribution in [1.29, 1.82) is 0 Å². The molecule has 2 aromatic rings. The van der Waals surface area contributed by atoms with E-state index in [-0.39, 0.29) is 11.7 Å². The molecule has 0 spiro atoms. The van der Waals surface area contributed by atoms with Gasteiger partial charge in [0.1, 0.15) is 30.2 Å². The Morgan fingerprint density at radius 2 is 2.00 bits per heavy atom. The van der Waals surface area contributed by atoms with Crippen molar-refractivity contribution in [2.75, 3.05) is 12.3 Å². The van der Waals surface area contributed by atoms with Crippen molar-refractivity contribution >= 4 is 17.0 Å². The molecule has 132 valence electrons. The van der Waals surface area contributed by atoms with Crippen molar-refractivity contribution in [3.63, 3.8) is 0 Å². The van der Waals surface area contributed by atoms with Crippen molar-refractivity contribution < 1.29 is 20.1 Å². The second-order valence-electron chi connectivity index (χ2n) is 6.09. The fraction of sp³-hybridized carbons (Fsp3) is 0.667. The van der Waals surface area contributed by atoms with Gasteiger partial charge in [-0.15, -0.1) is 0 Å². The van der Waals surface area contributed by atoms with Crippen molar-refractivity contribution in [1.82, 2.24) is 19.5 Å². The first kappa shape index (κ1) is 17.0. The van der Waals surface area contributed by atoms with Crippen LogP contribution in [-0.2, 0) is 10.5 Å². The maximum atomic E-state index is 10.8. The van der Waals surface area contributed by atoms with E-state index in [0.29, 0.717) is 24.0 Å². The second-order valence-corrected chi connectivity index (χ2v) is 6.09. The highest BCUT2D eigenvalue weighted by atomic mass is 16.6. The van der Waals surface area contributed by atoms with Crippen molar-refractivity contribution in [3.05, 3.63) is 12.7 Å². The zero-order valence-corrected chi connectivity index (χ0v) is 13.7. The molecule has 4 atom stereocenters. The summed E-state index contributed by atoms with van der Waals surface area (Å²) < 4.78 is 7.64. The van der Waals surface area contributed by atoms with E-state index in [1.54, 1.807) is 4.57 Å². The number of nitrogens with zero attached hydrogens (tertiary/aromatic N) is 4. The van der Waals surface area contributed by atoms with E-state index in [1.807, 2.05) is 13.8 Å². The van der Waals surface area contributed by atoms with Gasteiger partial charge in [0.2, 0.25) is 0 Å². The lowest BCUT2D eigenvalue weighted by Gasteiger charge is -2.40. The average molecular weight is 337 g/mol. The lowest BCUT2D eigenvalue weighted by Crippen LogP contribution is -2.50. The minimum Gasteiger partial charge on any atom is -0.394 e. The highest BCUT2D eigenvalue weighted by molar-refractivity contribution is 5.81. The number of hydrogen-bond donors (Lipinski definition) is 4. The molecule has 24 heavy (non-hydrogen) atoms. The van der Waals surface area contributed by atoms with E-state index in [1.165, 1.54) is 12.7 Å². The summed E-state index contributed by atoms with van der Waals surface area (Å²) in [4.78, 5) is 12.4. The summed E-state index contributed by atoms with van der Waals surface area (Å²) in [6.07, 6.45) is 0.844. The summed E-state index contributed by atoms with van der Waals surface area (Å²) in [5.74, 6) is 0.0949. The summed E-state index contributed by atoms with van der Waals surface area (Å²) >= 11 is 0. The molecular formula is C15H23N5O4. The maximum absolute atomic E-state index is 10.8. The number of aromatic nitrogens is 4. The number of nitrogen functional groups attached to an aromatic ring is 1. The zero-order valence-electron chi connectivity index (χ0n) is 13.7. The van der Waals surface area contributed by atoms with E-state index in [9.17, 15) is 15.3 Å². The maximum Gasteiger partial charge on any atom is 0.179 e. The van der Waals surface area contributed by atoms with E-state index in [0.717, 1.165) is 0 Å². The van der Waals surface area contributed by atoms with Crippen LogP contribution in [0.25, 0.3) is 11.2 Å². The Bertz CT molecular complexity index is 719. The molecule has 0 saturated carbocycles. The van der Waals surface area contributed by atoms with Crippen LogP contribution in [0.1, 0.15) is 26.7 Å². The quantitative estimate of drug-likeness (QED) is 0.578. The molecule has 9 heteroatoms. The van der Waals surface area contributed by atoms with Crippen LogP contribution in [0.4, 0.5) is 5.82 Å². The lowest BCUT2D eigenvalue weighted by atomic mass is 9.85. The van der Waals surface area contributed by atoms with Gasteiger partial charge in [0.25, 0.3) is 0 Å². The summed E-state index contributed by atoms with van der Waals surface area (Å²) in [5, 5.41) is 30.7. The molecule has 9 nitrogen and oxygen atoms in total. The van der Waals surface area contributed by atoms with E-state index in [4.69, 9.17) is 10.5 Å². The summed E-state index contributed by atoms with van der Waals surface area (Å²) in [5.41, 5.74) is 5.38. The van der Waals surface area contributed by atoms with Crippen molar-refractivity contribution in [2.24, 2.45) is 5.92 Å². The number of aliphatic hydroxyl groups is 3. The van der Waals surface area contributed by atoms with Crippen LogP contribution in [0.3, 0.4) is 0 Å². The van der Waals surface area contributed by atoms with E-state index < -0.39 is 30.6 Å². The molecule has 0 aromatic carbocycles. The van der Waals surface area contributed by atoms with Gasteiger partial charge in [0.15, 0.2) is 17.2 Å². The first-order chi connectivity index (χ1) is 11.5. The standard InChI is InChI=1S/C15H23N5O4/c1-3-8(4-2)15(12(23)11(22)9(5-21)24-15)20-7-19-10-13(16)17-6-18-14(10)20/h6-9,11-12,21-23H,3-5H2,1-2H3,(H2,16,17,18)/t9-,11-,12-,15-/m1/s1. The summed E-state index contributed by atoms with van der Waals surface area (Å²) in [7, 11) is 0. The van der Waals surface area contributed by atoms with Crippen LogP contribution < -0.4 is 5.73 Å². The van der Waals surface area contributed by atoms with E-state index >= 15 is 0 Å². The number of hydrogen-bond acceptors (Lipinski definition) is 8. The Morgan fingerprint density at radius 1 is 1.29 bits per heavy atom. The topological polar surface area (TPSA) is 140 Å². The molecule has 2 aromatic heterocycles. The van der Waals surface area contributed by atoms with Crippen LogP contribution in [0.15, 0.2) is 12.7 Å². The number of rotatable bonds is 5. The third kappa shape index (κ3) is 2.20. The molecule has 1 saturated heterocycles. The predicted octanol–water partition coefficient (Wildman–Crippen LogP) is -0.390. The Kier molecular flexibility index (Phi) is 4.43. The second kappa shape index (κ2) is 6.25. The molecule has 0 aliphatic carbocycles. The van der Waals surface area contributed by atoms with Gasteiger partial charge in [-0.2, -0.15) is 0 Å². The zero-order chi connectivity index (χ0) is 17.5. The minimum atomic E-state index is -1.29. The molecule has 5 N–H and O–H groups in total. The van der Waals surface area contributed by atoms with Crippen molar-refractivity contribution in [2.45, 2.75) is 50.7 Å². The lowest BCUT2D eigenvalue weighted by molar-refractivity contribution is -0.183. The molecule has 3 heterocycles. The molecular weight excluding hydrogens is 314 g/mol. The van der Waals surface area contributed by atoms with Gasteiger partial charge in [-0.1, -0.05) is 13.8 Å². The normalized spacial score (nSPS) is 30.5. The highest BCUT2D eigenvalue weighted by Crippen LogP contribution is 2.45. The van der Waals surface area contributed by atoms with Gasteiger partial charge < -0.3 is 25.8 Å². The van der Waals surface area contributed by atoms with Crippen LogP contribution in [-0.4, -0.2) is 59.8 Å². The van der Waals surface area contributed by atoms with E-state index in [2.05, 4.69) is 15.0 Å².